The number of aromatic nitrogens is 3. The molecule has 0 aromatic carbocycles. The van der Waals surface area contributed by atoms with Crippen LogP contribution in [0.1, 0.15) is 19.8 Å². The van der Waals surface area contributed by atoms with Crippen LogP contribution in [-0.4, -0.2) is 39.6 Å². The van der Waals surface area contributed by atoms with Crippen LogP contribution in [0.2, 0.25) is 5.02 Å². The average molecular weight is 348 g/mol. The SMILES string of the molecule is C[C@@H](Cn1ccnc1)NC(=O)C1CCN(c2ccc(Cl)cn2)CC1. The first kappa shape index (κ1) is 16.8. The first-order valence-corrected chi connectivity index (χ1v) is 8.62. The van der Waals surface area contributed by atoms with E-state index in [9.17, 15) is 4.79 Å². The summed E-state index contributed by atoms with van der Waals surface area (Å²) >= 11 is 5.87. The van der Waals surface area contributed by atoms with Crippen molar-refractivity contribution in [2.24, 2.45) is 5.92 Å². The summed E-state index contributed by atoms with van der Waals surface area (Å²) in [5.41, 5.74) is 0. The fourth-order valence-electron chi connectivity index (χ4n) is 3.04. The van der Waals surface area contributed by atoms with Crippen LogP contribution in [-0.2, 0) is 11.3 Å². The topological polar surface area (TPSA) is 63.1 Å². The molecule has 3 rings (SSSR count). The maximum atomic E-state index is 12.4. The molecule has 1 atom stereocenters. The third-order valence-electron chi connectivity index (χ3n) is 4.33. The van der Waals surface area contributed by atoms with Gasteiger partial charge in [-0.2, -0.15) is 0 Å². The van der Waals surface area contributed by atoms with E-state index < -0.39 is 0 Å². The molecule has 0 spiro atoms. The summed E-state index contributed by atoms with van der Waals surface area (Å²) in [4.78, 5) is 23.0. The van der Waals surface area contributed by atoms with Crippen LogP contribution in [0, 0.1) is 5.92 Å². The van der Waals surface area contributed by atoms with Gasteiger partial charge >= 0.3 is 0 Å². The normalized spacial score (nSPS) is 16.8. The monoisotopic (exact) mass is 347 g/mol. The molecule has 128 valence electrons. The van der Waals surface area contributed by atoms with Gasteiger partial charge in [-0.15, -0.1) is 0 Å². The zero-order chi connectivity index (χ0) is 16.9. The molecule has 3 heterocycles. The minimum atomic E-state index is 0.0683. The minimum absolute atomic E-state index is 0.0683. The van der Waals surface area contributed by atoms with Crippen molar-refractivity contribution in [2.75, 3.05) is 18.0 Å². The van der Waals surface area contributed by atoms with E-state index in [1.807, 2.05) is 29.8 Å². The van der Waals surface area contributed by atoms with E-state index in [0.29, 0.717) is 5.02 Å². The van der Waals surface area contributed by atoms with E-state index in [2.05, 4.69) is 20.2 Å². The van der Waals surface area contributed by atoms with Crippen LogP contribution in [0.25, 0.3) is 0 Å². The van der Waals surface area contributed by atoms with Crippen LogP contribution >= 0.6 is 11.6 Å². The number of halogens is 1. The molecule has 6 nitrogen and oxygen atoms in total. The number of carbonyl (C=O) groups excluding carboxylic acids is 1. The first-order valence-electron chi connectivity index (χ1n) is 8.24. The average Bonchev–Trinajstić information content (AvgIpc) is 3.08. The number of amides is 1. The molecule has 0 aliphatic carbocycles. The Kier molecular flexibility index (Phi) is 5.35. The van der Waals surface area contributed by atoms with Gasteiger partial charge in [0.1, 0.15) is 5.82 Å². The summed E-state index contributed by atoms with van der Waals surface area (Å²) < 4.78 is 1.97. The summed E-state index contributed by atoms with van der Waals surface area (Å²) in [6, 6.07) is 3.86. The fourth-order valence-corrected chi connectivity index (χ4v) is 3.15. The molecule has 0 bridgehead atoms. The lowest BCUT2D eigenvalue weighted by atomic mass is 9.95. The van der Waals surface area contributed by atoms with Crippen molar-refractivity contribution >= 4 is 23.3 Å². The number of piperidine rings is 1. The van der Waals surface area contributed by atoms with E-state index in [1.54, 1.807) is 18.7 Å². The Bertz CT molecular complexity index is 650. The summed E-state index contributed by atoms with van der Waals surface area (Å²) in [5, 5.41) is 3.75. The molecule has 24 heavy (non-hydrogen) atoms. The number of imidazole rings is 1. The van der Waals surface area contributed by atoms with Crippen LogP contribution in [0.5, 0.6) is 0 Å². The molecular formula is C17H22ClN5O. The number of carbonyl (C=O) groups is 1. The van der Waals surface area contributed by atoms with Crippen LogP contribution in [0.3, 0.4) is 0 Å². The highest BCUT2D eigenvalue weighted by atomic mass is 35.5. The second kappa shape index (κ2) is 7.66. The zero-order valence-corrected chi connectivity index (χ0v) is 14.5. The molecule has 7 heteroatoms. The van der Waals surface area contributed by atoms with Crippen molar-refractivity contribution in [3.8, 4) is 0 Å². The van der Waals surface area contributed by atoms with Crippen molar-refractivity contribution in [3.05, 3.63) is 42.1 Å². The molecule has 2 aromatic rings. The second-order valence-electron chi connectivity index (χ2n) is 6.27. The van der Waals surface area contributed by atoms with Gasteiger partial charge in [-0.25, -0.2) is 9.97 Å². The van der Waals surface area contributed by atoms with Crippen molar-refractivity contribution in [3.63, 3.8) is 0 Å². The molecule has 0 unspecified atom stereocenters. The standard InChI is InChI=1S/C17H22ClN5O/c1-13(11-22-9-6-19-12-22)21-17(24)14-4-7-23(8-5-14)16-3-2-15(18)10-20-16/h2-3,6,9-10,12-14H,4-5,7-8,11H2,1H3,(H,21,24)/t13-/m0/s1. The fraction of sp³-hybridized carbons (Fsp3) is 0.471. The summed E-state index contributed by atoms with van der Waals surface area (Å²) in [5.74, 6) is 1.14. The number of hydrogen-bond donors (Lipinski definition) is 1. The Labute approximate surface area is 146 Å². The highest BCUT2D eigenvalue weighted by Crippen LogP contribution is 2.23. The summed E-state index contributed by atoms with van der Waals surface area (Å²) in [6.07, 6.45) is 8.75. The summed E-state index contributed by atoms with van der Waals surface area (Å²) in [7, 11) is 0. The molecule has 1 amide bonds. The Morgan fingerprint density at radius 2 is 2.21 bits per heavy atom. The zero-order valence-electron chi connectivity index (χ0n) is 13.7. The predicted molar refractivity (Wildman–Crippen MR) is 94.0 cm³/mol. The lowest BCUT2D eigenvalue weighted by molar-refractivity contribution is -0.126. The Morgan fingerprint density at radius 3 is 2.83 bits per heavy atom. The molecule has 1 N–H and O–H groups in total. The molecule has 1 aliphatic heterocycles. The van der Waals surface area contributed by atoms with E-state index in [1.165, 1.54) is 0 Å². The van der Waals surface area contributed by atoms with Gasteiger partial charge in [-0.05, 0) is 31.9 Å². The number of nitrogens with one attached hydrogen (secondary N) is 1. The van der Waals surface area contributed by atoms with Crippen LogP contribution in [0.15, 0.2) is 37.1 Å². The molecule has 1 saturated heterocycles. The first-order chi connectivity index (χ1) is 11.6. The second-order valence-corrected chi connectivity index (χ2v) is 6.70. The van der Waals surface area contributed by atoms with Gasteiger partial charge < -0.3 is 14.8 Å². The number of rotatable bonds is 5. The molecule has 0 radical (unpaired) electrons. The molecular weight excluding hydrogens is 326 g/mol. The lowest BCUT2D eigenvalue weighted by Crippen LogP contribution is -2.44. The van der Waals surface area contributed by atoms with Gasteiger partial charge in [0.15, 0.2) is 0 Å². The molecule has 0 saturated carbocycles. The Hall–Kier alpha value is -2.08. The maximum absolute atomic E-state index is 12.4. The van der Waals surface area contributed by atoms with Gasteiger partial charge in [0.2, 0.25) is 5.91 Å². The van der Waals surface area contributed by atoms with Gasteiger partial charge in [0, 0.05) is 50.2 Å². The number of anilines is 1. The highest BCUT2D eigenvalue weighted by molar-refractivity contribution is 6.30. The van der Waals surface area contributed by atoms with Crippen molar-refractivity contribution in [2.45, 2.75) is 32.4 Å². The van der Waals surface area contributed by atoms with Gasteiger partial charge in [-0.1, -0.05) is 11.6 Å². The highest BCUT2D eigenvalue weighted by Gasteiger charge is 2.26. The number of pyridine rings is 1. The summed E-state index contributed by atoms with van der Waals surface area (Å²) in [6.45, 7) is 4.43. The minimum Gasteiger partial charge on any atom is -0.357 e. The third-order valence-corrected chi connectivity index (χ3v) is 4.56. The van der Waals surface area contributed by atoms with Gasteiger partial charge in [0.25, 0.3) is 0 Å². The van der Waals surface area contributed by atoms with Crippen molar-refractivity contribution in [1.29, 1.82) is 0 Å². The largest absolute Gasteiger partial charge is 0.357 e. The van der Waals surface area contributed by atoms with E-state index in [0.717, 1.165) is 38.3 Å². The Morgan fingerprint density at radius 1 is 1.42 bits per heavy atom. The number of nitrogens with zero attached hydrogens (tertiary/aromatic N) is 4. The van der Waals surface area contributed by atoms with E-state index in [-0.39, 0.29) is 17.9 Å². The van der Waals surface area contributed by atoms with Crippen molar-refractivity contribution < 1.29 is 4.79 Å². The van der Waals surface area contributed by atoms with Crippen LogP contribution < -0.4 is 10.2 Å². The number of hydrogen-bond acceptors (Lipinski definition) is 4. The van der Waals surface area contributed by atoms with Crippen molar-refractivity contribution in [1.82, 2.24) is 19.9 Å². The van der Waals surface area contributed by atoms with E-state index in [4.69, 9.17) is 11.6 Å². The predicted octanol–water partition coefficient (Wildman–Crippen LogP) is 2.35. The third kappa shape index (κ3) is 4.26. The smallest absolute Gasteiger partial charge is 0.223 e. The molecule has 2 aromatic heterocycles. The van der Waals surface area contributed by atoms with Gasteiger partial charge in [0.05, 0.1) is 11.3 Å². The Balaban J connectivity index is 1.47. The quantitative estimate of drug-likeness (QED) is 0.901. The van der Waals surface area contributed by atoms with Gasteiger partial charge in [-0.3, -0.25) is 4.79 Å². The molecule has 1 aliphatic rings. The van der Waals surface area contributed by atoms with Crippen LogP contribution in [0.4, 0.5) is 5.82 Å². The molecule has 1 fully saturated rings. The lowest BCUT2D eigenvalue weighted by Gasteiger charge is -2.32. The maximum Gasteiger partial charge on any atom is 0.223 e. The van der Waals surface area contributed by atoms with E-state index >= 15 is 0 Å².